The van der Waals surface area contributed by atoms with E-state index in [1.54, 1.807) is 11.3 Å². The monoisotopic (exact) mass is 557 g/mol. The van der Waals surface area contributed by atoms with E-state index in [2.05, 4.69) is 60.0 Å². The molecule has 1 atom stereocenters. The van der Waals surface area contributed by atoms with Crippen LogP contribution in [0.2, 0.25) is 0 Å². The second kappa shape index (κ2) is 11.7. The van der Waals surface area contributed by atoms with Crippen LogP contribution in [0.5, 0.6) is 0 Å². The zero-order chi connectivity index (χ0) is 27.5. The van der Waals surface area contributed by atoms with Gasteiger partial charge in [-0.25, -0.2) is 4.98 Å². The quantitative estimate of drug-likeness (QED) is 0.183. The van der Waals surface area contributed by atoms with Crippen LogP contribution in [0.1, 0.15) is 72.7 Å². The molecule has 1 aliphatic carbocycles. The summed E-state index contributed by atoms with van der Waals surface area (Å²) in [7, 11) is 0. The minimum atomic E-state index is -0.899. The summed E-state index contributed by atoms with van der Waals surface area (Å²) >= 11 is 3.58. The van der Waals surface area contributed by atoms with Crippen LogP contribution in [0.3, 0.4) is 0 Å². The number of hydrogen-bond acceptors (Lipinski definition) is 5. The largest absolute Gasteiger partial charge is 0.481 e. The predicted molar refractivity (Wildman–Crippen MR) is 164 cm³/mol. The van der Waals surface area contributed by atoms with Crippen LogP contribution < -0.4 is 0 Å². The van der Waals surface area contributed by atoms with Gasteiger partial charge in [-0.2, -0.15) is 11.8 Å². The van der Waals surface area contributed by atoms with Crippen molar-refractivity contribution in [2.45, 2.75) is 56.8 Å². The highest BCUT2D eigenvalue weighted by molar-refractivity contribution is 7.99. The number of aryl methyl sites for hydroxylation is 1. The maximum Gasteiger partial charge on any atom is 0.303 e. The van der Waals surface area contributed by atoms with Crippen LogP contribution >= 0.6 is 23.1 Å². The Bertz CT molecular complexity index is 1480. The molecule has 6 heteroatoms. The fraction of sp³-hybridized carbons (Fsp3) is 0.333. The van der Waals surface area contributed by atoms with Gasteiger partial charge in [0.05, 0.1) is 27.9 Å². The van der Waals surface area contributed by atoms with E-state index in [1.165, 1.54) is 10.3 Å². The van der Waals surface area contributed by atoms with E-state index in [4.69, 9.17) is 4.98 Å². The molecule has 1 fully saturated rings. The first kappa shape index (κ1) is 27.6. The lowest BCUT2D eigenvalue weighted by Crippen LogP contribution is -2.18. The number of benzene rings is 2. The van der Waals surface area contributed by atoms with E-state index in [9.17, 15) is 15.0 Å². The zero-order valence-electron chi connectivity index (χ0n) is 22.5. The Morgan fingerprint density at radius 1 is 1.10 bits per heavy atom. The van der Waals surface area contributed by atoms with Crippen molar-refractivity contribution in [1.82, 2.24) is 4.98 Å². The average molecular weight is 558 g/mol. The molecule has 0 amide bonds. The first-order valence-electron chi connectivity index (χ1n) is 13.5. The Labute approximate surface area is 238 Å². The van der Waals surface area contributed by atoms with E-state index in [1.807, 2.05) is 49.9 Å². The van der Waals surface area contributed by atoms with Crippen LogP contribution in [0.15, 0.2) is 72.1 Å². The molecule has 2 N–H and O–H groups in total. The Morgan fingerprint density at radius 3 is 2.69 bits per heavy atom. The lowest BCUT2D eigenvalue weighted by atomic mass is 9.90. The molecule has 0 radical (unpaired) electrons. The predicted octanol–water partition coefficient (Wildman–Crippen LogP) is 8.36. The highest BCUT2D eigenvalue weighted by atomic mass is 32.2. The molecule has 0 bridgehead atoms. The Morgan fingerprint density at radius 2 is 1.92 bits per heavy atom. The molecule has 4 nitrogen and oxygen atoms in total. The van der Waals surface area contributed by atoms with Crippen LogP contribution in [0, 0.1) is 5.41 Å². The Kier molecular flexibility index (Phi) is 8.27. The maximum atomic E-state index is 11.5. The molecule has 0 spiro atoms. The third kappa shape index (κ3) is 7.18. The summed E-state index contributed by atoms with van der Waals surface area (Å²) in [6.07, 6.45) is 8.15. The molecule has 5 rings (SSSR count). The highest BCUT2D eigenvalue weighted by Crippen LogP contribution is 2.53. The zero-order valence-corrected chi connectivity index (χ0v) is 24.1. The number of nitrogens with zero attached hydrogens (tertiary/aromatic N) is 1. The van der Waals surface area contributed by atoms with Crippen LogP contribution in [0.25, 0.3) is 22.4 Å². The van der Waals surface area contributed by atoms with Gasteiger partial charge in [0, 0.05) is 11.0 Å². The number of aliphatic hydroxyl groups is 1. The van der Waals surface area contributed by atoms with Crippen molar-refractivity contribution in [2.24, 2.45) is 5.41 Å². The number of carbonyl (C=O) groups is 1. The summed E-state index contributed by atoms with van der Waals surface area (Å²) in [5, 5.41) is 22.4. The number of carboxylic acids is 1. The molecule has 0 aliphatic heterocycles. The number of hydrogen-bond donors (Lipinski definition) is 2. The number of carboxylic acid groups (broad SMARTS) is 1. The Hall–Kier alpha value is -2.93. The van der Waals surface area contributed by atoms with E-state index in [0.717, 1.165) is 59.3 Å². The van der Waals surface area contributed by atoms with Gasteiger partial charge in [-0.15, -0.1) is 11.3 Å². The summed E-state index contributed by atoms with van der Waals surface area (Å²) in [5.74, 6) is 0.145. The van der Waals surface area contributed by atoms with Crippen molar-refractivity contribution >= 4 is 51.4 Å². The first-order valence-corrected chi connectivity index (χ1v) is 15.4. The van der Waals surface area contributed by atoms with Crippen molar-refractivity contribution in [2.75, 3.05) is 5.75 Å². The SMILES string of the molecule is CC(C)(O)c1ccccc1CCC(SCC1(CC(=O)O)CC1)c1cccc(/C=C/c2ccc3sccc3n2)c1. The summed E-state index contributed by atoms with van der Waals surface area (Å²) < 4.78 is 1.19. The summed E-state index contributed by atoms with van der Waals surface area (Å²) in [6.45, 7) is 3.67. The van der Waals surface area contributed by atoms with Crippen molar-refractivity contribution in [3.05, 3.63) is 100 Å². The van der Waals surface area contributed by atoms with Gasteiger partial charge in [-0.1, -0.05) is 54.6 Å². The topological polar surface area (TPSA) is 70.4 Å². The number of thiophene rings is 1. The van der Waals surface area contributed by atoms with Crippen molar-refractivity contribution in [1.29, 1.82) is 0 Å². The van der Waals surface area contributed by atoms with Gasteiger partial charge in [0.1, 0.15) is 0 Å². The smallest absolute Gasteiger partial charge is 0.303 e. The number of aromatic nitrogens is 1. The summed E-state index contributed by atoms with van der Waals surface area (Å²) in [4.78, 5) is 16.2. The summed E-state index contributed by atoms with van der Waals surface area (Å²) in [5.41, 5.74) is 5.48. The standard InChI is InChI=1S/C33H35NO3S2/c1-32(2,37)27-9-4-3-7-24(27)11-14-29(39-22-33(17-18-33)21-31(35)36)25-8-5-6-23(20-25)10-12-26-13-15-30-28(34-26)16-19-38-30/h3-10,12-13,15-16,19-20,29,37H,11,14,17-18,21-22H2,1-2H3,(H,35,36)/b12-10+. The number of rotatable bonds is 12. The minimum absolute atomic E-state index is 0.0662. The molecule has 4 aromatic rings. The number of fused-ring (bicyclic) bond motifs is 1. The molecule has 2 heterocycles. The van der Waals surface area contributed by atoms with Gasteiger partial charge in [0.2, 0.25) is 0 Å². The molecule has 2 aromatic carbocycles. The third-order valence-electron chi connectivity index (χ3n) is 7.48. The second-order valence-corrected chi connectivity index (χ2v) is 13.3. The first-order chi connectivity index (χ1) is 18.7. The maximum absolute atomic E-state index is 11.5. The molecule has 2 aromatic heterocycles. The fourth-order valence-electron chi connectivity index (χ4n) is 5.12. The molecule has 0 saturated heterocycles. The fourth-order valence-corrected chi connectivity index (χ4v) is 7.41. The van der Waals surface area contributed by atoms with Crippen LogP contribution in [-0.2, 0) is 16.8 Å². The summed E-state index contributed by atoms with van der Waals surface area (Å²) in [6, 6.07) is 23.0. The van der Waals surface area contributed by atoms with Crippen molar-refractivity contribution < 1.29 is 15.0 Å². The van der Waals surface area contributed by atoms with Crippen molar-refractivity contribution in [3.8, 4) is 0 Å². The van der Waals surface area contributed by atoms with E-state index < -0.39 is 11.6 Å². The van der Waals surface area contributed by atoms with Gasteiger partial charge >= 0.3 is 5.97 Å². The number of pyridine rings is 1. The molecular formula is C33H35NO3S2. The number of thioether (sulfide) groups is 1. The lowest BCUT2D eigenvalue weighted by molar-refractivity contribution is -0.138. The lowest BCUT2D eigenvalue weighted by Gasteiger charge is -2.24. The van der Waals surface area contributed by atoms with Gasteiger partial charge in [0.25, 0.3) is 0 Å². The molecule has 1 aliphatic rings. The van der Waals surface area contributed by atoms with Gasteiger partial charge in [-0.3, -0.25) is 4.79 Å². The molecule has 39 heavy (non-hydrogen) atoms. The minimum Gasteiger partial charge on any atom is -0.481 e. The number of aliphatic carboxylic acids is 1. The van der Waals surface area contributed by atoms with E-state index >= 15 is 0 Å². The second-order valence-electron chi connectivity index (χ2n) is 11.2. The van der Waals surface area contributed by atoms with Gasteiger partial charge in [-0.05, 0) is 96.9 Å². The third-order valence-corrected chi connectivity index (χ3v) is 10.0. The molecule has 1 unspecified atom stereocenters. The van der Waals surface area contributed by atoms with Gasteiger partial charge < -0.3 is 10.2 Å². The van der Waals surface area contributed by atoms with Crippen LogP contribution in [-0.4, -0.2) is 26.9 Å². The van der Waals surface area contributed by atoms with E-state index in [-0.39, 0.29) is 17.1 Å². The molecule has 202 valence electrons. The highest BCUT2D eigenvalue weighted by Gasteiger charge is 2.44. The normalized spacial score (nSPS) is 15.6. The van der Waals surface area contributed by atoms with Gasteiger partial charge in [0.15, 0.2) is 0 Å². The molecular weight excluding hydrogens is 523 g/mol. The van der Waals surface area contributed by atoms with Crippen LogP contribution in [0.4, 0.5) is 0 Å². The van der Waals surface area contributed by atoms with E-state index in [0.29, 0.717) is 0 Å². The molecule has 1 saturated carbocycles. The Balaban J connectivity index is 1.36. The van der Waals surface area contributed by atoms with Crippen molar-refractivity contribution in [3.63, 3.8) is 0 Å². The average Bonchev–Trinajstić information content (AvgIpc) is 3.49.